The summed E-state index contributed by atoms with van der Waals surface area (Å²) in [5.74, 6) is 7.66. The van der Waals surface area contributed by atoms with Gasteiger partial charge in [0.05, 0.1) is 20.8 Å². The Morgan fingerprint density at radius 3 is 2.36 bits per heavy atom. The molecule has 2 N–H and O–H groups in total. The zero-order valence-corrected chi connectivity index (χ0v) is 14.2. The molecule has 2 rings (SSSR count). The van der Waals surface area contributed by atoms with Crippen LogP contribution in [0.25, 0.3) is 0 Å². The maximum atomic E-state index is 11.7. The van der Waals surface area contributed by atoms with Crippen molar-refractivity contribution in [3.05, 3.63) is 48.5 Å². The van der Waals surface area contributed by atoms with Gasteiger partial charge in [0.2, 0.25) is 0 Å². The van der Waals surface area contributed by atoms with Crippen LogP contribution in [-0.2, 0) is 0 Å². The minimum atomic E-state index is -0.329. The number of carbonyl (C=O) groups excluding carboxylic acids is 1. The van der Waals surface area contributed by atoms with Gasteiger partial charge in [-0.1, -0.05) is 24.0 Å². The average molecular weight is 340 g/mol. The minimum absolute atomic E-state index is 0.210. The first-order valence-electron chi connectivity index (χ1n) is 7.63. The lowest BCUT2D eigenvalue weighted by Crippen LogP contribution is -2.28. The van der Waals surface area contributed by atoms with Gasteiger partial charge in [-0.25, -0.2) is 4.79 Å². The quantitative estimate of drug-likeness (QED) is 0.794. The van der Waals surface area contributed by atoms with Crippen LogP contribution in [0.4, 0.5) is 10.5 Å². The van der Waals surface area contributed by atoms with Crippen LogP contribution in [0.2, 0.25) is 0 Å². The molecule has 0 spiro atoms. The molecule has 2 aromatic carbocycles. The number of benzene rings is 2. The molecule has 0 fully saturated rings. The van der Waals surface area contributed by atoms with Crippen molar-refractivity contribution >= 4 is 11.7 Å². The molecule has 0 aliphatic rings. The monoisotopic (exact) mass is 340 g/mol. The minimum Gasteiger partial charge on any atom is -0.497 e. The smallest absolute Gasteiger partial charge is 0.319 e. The number of ether oxygens (including phenoxy) is 3. The van der Waals surface area contributed by atoms with Crippen molar-refractivity contribution in [3.63, 3.8) is 0 Å². The molecule has 0 bridgehead atoms. The largest absolute Gasteiger partial charge is 0.497 e. The fourth-order valence-corrected chi connectivity index (χ4v) is 1.94. The van der Waals surface area contributed by atoms with E-state index in [2.05, 4.69) is 22.5 Å². The van der Waals surface area contributed by atoms with E-state index >= 15 is 0 Å². The van der Waals surface area contributed by atoms with Gasteiger partial charge < -0.3 is 24.8 Å². The zero-order valence-electron chi connectivity index (χ0n) is 14.2. The third-order valence-corrected chi connectivity index (χ3v) is 3.18. The van der Waals surface area contributed by atoms with Crippen molar-refractivity contribution < 1.29 is 19.0 Å². The highest BCUT2D eigenvalue weighted by atomic mass is 16.5. The summed E-state index contributed by atoms with van der Waals surface area (Å²) in [6.45, 7) is 0.430. The van der Waals surface area contributed by atoms with Gasteiger partial charge in [0.1, 0.15) is 12.4 Å². The first-order chi connectivity index (χ1) is 12.2. The number of methoxy groups -OCH3 is 2. The van der Waals surface area contributed by atoms with E-state index in [1.807, 2.05) is 18.2 Å². The summed E-state index contributed by atoms with van der Waals surface area (Å²) in [7, 11) is 3.17. The van der Waals surface area contributed by atoms with Gasteiger partial charge in [0.25, 0.3) is 0 Å². The number of anilines is 1. The molecule has 0 radical (unpaired) electrons. The van der Waals surface area contributed by atoms with Crippen LogP contribution in [0.1, 0.15) is 0 Å². The van der Waals surface area contributed by atoms with Crippen LogP contribution in [0.5, 0.6) is 17.2 Å². The van der Waals surface area contributed by atoms with E-state index in [0.717, 1.165) is 5.75 Å². The van der Waals surface area contributed by atoms with E-state index in [-0.39, 0.29) is 19.2 Å². The molecule has 0 aliphatic carbocycles. The normalized spacial score (nSPS) is 9.36. The van der Waals surface area contributed by atoms with E-state index in [1.54, 1.807) is 44.6 Å². The Kier molecular flexibility index (Phi) is 7.01. The van der Waals surface area contributed by atoms with Crippen molar-refractivity contribution in [1.82, 2.24) is 5.32 Å². The second-order valence-corrected chi connectivity index (χ2v) is 4.83. The van der Waals surface area contributed by atoms with Crippen molar-refractivity contribution in [2.45, 2.75) is 0 Å². The molecule has 0 heterocycles. The number of hydrogen-bond donors (Lipinski definition) is 2. The van der Waals surface area contributed by atoms with Gasteiger partial charge in [-0.15, -0.1) is 0 Å². The van der Waals surface area contributed by atoms with Gasteiger partial charge in [0.15, 0.2) is 11.5 Å². The summed E-state index contributed by atoms with van der Waals surface area (Å²) < 4.78 is 15.8. The lowest BCUT2D eigenvalue weighted by molar-refractivity contribution is 0.253. The predicted molar refractivity (Wildman–Crippen MR) is 96.3 cm³/mol. The van der Waals surface area contributed by atoms with Crippen molar-refractivity contribution in [1.29, 1.82) is 0 Å². The Morgan fingerprint density at radius 2 is 1.68 bits per heavy atom. The van der Waals surface area contributed by atoms with Crippen molar-refractivity contribution in [3.8, 4) is 29.1 Å². The Hall–Kier alpha value is -3.33. The molecule has 0 unspecified atom stereocenters. The highest BCUT2D eigenvalue weighted by molar-refractivity contribution is 5.89. The highest BCUT2D eigenvalue weighted by Crippen LogP contribution is 2.25. The van der Waals surface area contributed by atoms with Gasteiger partial charge in [0, 0.05) is 5.69 Å². The number of hydrogen-bond acceptors (Lipinski definition) is 4. The molecular formula is C19H20N2O4. The Labute approximate surface area is 147 Å². The standard InChI is InChI=1S/C19H20N2O4/c1-23-16-11-9-15(10-12-16)21-19(22)20-13-5-6-14-25-18-8-4-3-7-17(18)24-2/h3-4,7-12H,13-14H2,1-2H3,(H2,20,21,22). The van der Waals surface area contributed by atoms with Crippen LogP contribution in [0.15, 0.2) is 48.5 Å². The highest BCUT2D eigenvalue weighted by Gasteiger charge is 2.01. The molecule has 0 aliphatic heterocycles. The number of urea groups is 1. The number of rotatable bonds is 6. The molecule has 25 heavy (non-hydrogen) atoms. The lowest BCUT2D eigenvalue weighted by Gasteiger charge is -2.07. The van der Waals surface area contributed by atoms with E-state index < -0.39 is 0 Å². The van der Waals surface area contributed by atoms with E-state index in [0.29, 0.717) is 17.2 Å². The Morgan fingerprint density at radius 1 is 0.960 bits per heavy atom. The van der Waals surface area contributed by atoms with Crippen LogP contribution < -0.4 is 24.8 Å². The maximum absolute atomic E-state index is 11.7. The summed E-state index contributed by atoms with van der Waals surface area (Å²) in [5, 5.41) is 5.35. The molecule has 0 aromatic heterocycles. The molecule has 2 aromatic rings. The topological polar surface area (TPSA) is 68.8 Å². The first-order valence-corrected chi connectivity index (χ1v) is 7.63. The number of nitrogens with one attached hydrogen (secondary N) is 2. The molecule has 0 saturated carbocycles. The van der Waals surface area contributed by atoms with Crippen LogP contribution in [0.3, 0.4) is 0 Å². The SMILES string of the molecule is COc1ccc(NC(=O)NCC#CCOc2ccccc2OC)cc1. The summed E-state index contributed by atoms with van der Waals surface area (Å²) in [4.78, 5) is 11.7. The van der Waals surface area contributed by atoms with Crippen LogP contribution in [-0.4, -0.2) is 33.4 Å². The van der Waals surface area contributed by atoms with Gasteiger partial charge >= 0.3 is 6.03 Å². The average Bonchev–Trinajstić information content (AvgIpc) is 2.65. The molecular weight excluding hydrogens is 320 g/mol. The lowest BCUT2D eigenvalue weighted by atomic mass is 10.3. The maximum Gasteiger partial charge on any atom is 0.319 e. The second kappa shape index (κ2) is 9.73. The summed E-state index contributed by atoms with van der Waals surface area (Å²) in [5.41, 5.74) is 0.672. The third kappa shape index (κ3) is 5.99. The van der Waals surface area contributed by atoms with Gasteiger partial charge in [-0.3, -0.25) is 0 Å². The van der Waals surface area contributed by atoms with E-state index in [4.69, 9.17) is 14.2 Å². The number of carbonyl (C=O) groups is 1. The van der Waals surface area contributed by atoms with Gasteiger partial charge in [-0.2, -0.15) is 0 Å². The molecule has 2 amide bonds. The summed E-state index contributed by atoms with van der Waals surface area (Å²) in [6.07, 6.45) is 0. The fraction of sp³-hybridized carbons (Fsp3) is 0.211. The number of para-hydroxylation sites is 2. The van der Waals surface area contributed by atoms with Crippen LogP contribution >= 0.6 is 0 Å². The molecule has 6 heteroatoms. The van der Waals surface area contributed by atoms with Crippen molar-refractivity contribution in [2.75, 3.05) is 32.7 Å². The summed E-state index contributed by atoms with van der Waals surface area (Å²) in [6, 6.07) is 14.1. The Bertz CT molecular complexity index is 748. The van der Waals surface area contributed by atoms with Gasteiger partial charge in [-0.05, 0) is 36.4 Å². The molecule has 130 valence electrons. The Balaban J connectivity index is 1.70. The van der Waals surface area contributed by atoms with E-state index in [9.17, 15) is 4.79 Å². The van der Waals surface area contributed by atoms with Crippen LogP contribution in [0, 0.1) is 11.8 Å². The summed E-state index contributed by atoms with van der Waals surface area (Å²) >= 11 is 0. The third-order valence-electron chi connectivity index (χ3n) is 3.18. The molecule has 0 atom stereocenters. The number of amides is 2. The predicted octanol–water partition coefficient (Wildman–Crippen LogP) is 2.91. The first kappa shape index (κ1) is 18.0. The fourth-order valence-electron chi connectivity index (χ4n) is 1.94. The molecule has 0 saturated heterocycles. The molecule has 6 nitrogen and oxygen atoms in total. The van der Waals surface area contributed by atoms with Crippen molar-refractivity contribution in [2.24, 2.45) is 0 Å². The zero-order chi connectivity index (χ0) is 17.9. The van der Waals surface area contributed by atoms with E-state index in [1.165, 1.54) is 0 Å². The second-order valence-electron chi connectivity index (χ2n) is 4.83.